The van der Waals surface area contributed by atoms with Crippen molar-refractivity contribution in [3.63, 3.8) is 0 Å². The Morgan fingerprint density at radius 3 is 2.94 bits per heavy atom. The number of fused-ring (bicyclic) bond motifs is 1. The largest absolute Gasteiger partial charge is 0.417 e. The van der Waals surface area contributed by atoms with Crippen LogP contribution in [0.15, 0.2) is 27.4 Å². The van der Waals surface area contributed by atoms with Gasteiger partial charge in [0, 0.05) is 0 Å². The maximum Gasteiger partial charge on any atom is 0.417 e. The van der Waals surface area contributed by atoms with Gasteiger partial charge in [-0.2, -0.15) is 0 Å². The van der Waals surface area contributed by atoms with Gasteiger partial charge in [-0.05, 0) is 56.0 Å². The maximum absolute atomic E-state index is 11.1. The zero-order chi connectivity index (χ0) is 11.7. The van der Waals surface area contributed by atoms with Crippen LogP contribution in [0.4, 0.5) is 0 Å². The Kier molecular flexibility index (Phi) is 2.73. The van der Waals surface area contributed by atoms with Crippen LogP contribution in [0.1, 0.15) is 18.4 Å². The summed E-state index contributed by atoms with van der Waals surface area (Å²) in [5.74, 6) is 0.381. The molecule has 0 amide bonds. The topological polar surface area (TPSA) is 58.0 Å². The predicted molar refractivity (Wildman–Crippen MR) is 66.1 cm³/mol. The Morgan fingerprint density at radius 1 is 1.29 bits per heavy atom. The Bertz CT molecular complexity index is 564. The van der Waals surface area contributed by atoms with Crippen molar-refractivity contribution < 1.29 is 4.42 Å². The molecule has 1 aliphatic heterocycles. The van der Waals surface area contributed by atoms with Crippen LogP contribution < -0.4 is 11.1 Å². The average molecular weight is 232 g/mol. The highest BCUT2D eigenvalue weighted by Gasteiger charge is 2.14. The van der Waals surface area contributed by atoms with Crippen molar-refractivity contribution in [2.45, 2.75) is 19.3 Å². The molecule has 0 atom stereocenters. The minimum Gasteiger partial charge on any atom is -0.408 e. The number of piperidine rings is 1. The summed E-state index contributed by atoms with van der Waals surface area (Å²) in [7, 11) is 0. The molecule has 4 heteroatoms. The van der Waals surface area contributed by atoms with Crippen molar-refractivity contribution in [3.05, 3.63) is 34.3 Å². The van der Waals surface area contributed by atoms with Gasteiger partial charge in [-0.15, -0.1) is 0 Å². The fraction of sp³-hybridized carbons (Fsp3) is 0.462. The lowest BCUT2D eigenvalue weighted by Crippen LogP contribution is -2.28. The van der Waals surface area contributed by atoms with E-state index in [2.05, 4.69) is 16.4 Å². The third-order valence-corrected chi connectivity index (χ3v) is 3.47. The van der Waals surface area contributed by atoms with Gasteiger partial charge >= 0.3 is 5.76 Å². The number of hydrogen-bond acceptors (Lipinski definition) is 3. The first kappa shape index (κ1) is 10.6. The van der Waals surface area contributed by atoms with E-state index in [0.717, 1.165) is 30.9 Å². The summed E-state index contributed by atoms with van der Waals surface area (Å²) in [6, 6.07) is 5.97. The number of benzene rings is 1. The van der Waals surface area contributed by atoms with Gasteiger partial charge in [0.2, 0.25) is 0 Å². The molecule has 2 aromatic rings. The Balaban J connectivity index is 1.82. The summed E-state index contributed by atoms with van der Waals surface area (Å²) in [5.41, 5.74) is 2.73. The van der Waals surface area contributed by atoms with Crippen molar-refractivity contribution in [1.82, 2.24) is 10.3 Å². The van der Waals surface area contributed by atoms with E-state index < -0.39 is 0 Å². The highest BCUT2D eigenvalue weighted by Crippen LogP contribution is 2.20. The quantitative estimate of drug-likeness (QED) is 0.828. The van der Waals surface area contributed by atoms with Crippen LogP contribution >= 0.6 is 0 Å². The third-order valence-electron chi connectivity index (χ3n) is 3.47. The molecular formula is C13H16N2O2. The Hall–Kier alpha value is -1.55. The molecule has 0 radical (unpaired) electrons. The number of aromatic nitrogens is 1. The summed E-state index contributed by atoms with van der Waals surface area (Å²) >= 11 is 0. The molecule has 0 spiro atoms. The number of oxazole rings is 1. The van der Waals surface area contributed by atoms with Crippen LogP contribution in [-0.4, -0.2) is 18.1 Å². The van der Waals surface area contributed by atoms with Crippen LogP contribution in [0.5, 0.6) is 0 Å². The maximum atomic E-state index is 11.1. The number of hydrogen-bond donors (Lipinski definition) is 2. The number of nitrogens with one attached hydrogen (secondary N) is 2. The molecule has 1 aliphatic rings. The highest BCUT2D eigenvalue weighted by atomic mass is 16.4. The van der Waals surface area contributed by atoms with E-state index in [1.54, 1.807) is 0 Å². The van der Waals surface area contributed by atoms with Crippen LogP contribution in [0.3, 0.4) is 0 Å². The van der Waals surface area contributed by atoms with E-state index in [1.807, 2.05) is 12.1 Å². The molecule has 90 valence electrons. The van der Waals surface area contributed by atoms with E-state index in [0.29, 0.717) is 5.58 Å². The zero-order valence-electron chi connectivity index (χ0n) is 9.66. The molecule has 0 saturated carbocycles. The Labute approximate surface area is 99.0 Å². The molecule has 0 unspecified atom stereocenters. The first-order chi connectivity index (χ1) is 8.31. The number of aromatic amines is 1. The second-order valence-corrected chi connectivity index (χ2v) is 4.74. The molecule has 17 heavy (non-hydrogen) atoms. The van der Waals surface area contributed by atoms with Gasteiger partial charge in [0.1, 0.15) is 0 Å². The molecule has 0 bridgehead atoms. The standard InChI is InChI=1S/C13H16N2O2/c16-13-15-11-8-10(1-2-12(11)17-13)7-9-3-5-14-6-4-9/h1-2,8-9,14H,3-7H2,(H,15,16). The van der Waals surface area contributed by atoms with E-state index in [9.17, 15) is 4.79 Å². The van der Waals surface area contributed by atoms with Crippen molar-refractivity contribution in [2.75, 3.05) is 13.1 Å². The predicted octanol–water partition coefficient (Wildman–Crippen LogP) is 1.66. The summed E-state index contributed by atoms with van der Waals surface area (Å²) in [6.07, 6.45) is 3.56. The van der Waals surface area contributed by atoms with Crippen LogP contribution in [0, 0.1) is 5.92 Å². The van der Waals surface area contributed by atoms with Gasteiger partial charge in [0.15, 0.2) is 5.58 Å². The summed E-state index contributed by atoms with van der Waals surface area (Å²) in [5, 5.41) is 3.37. The lowest BCUT2D eigenvalue weighted by Gasteiger charge is -2.22. The van der Waals surface area contributed by atoms with Crippen molar-refractivity contribution in [3.8, 4) is 0 Å². The van der Waals surface area contributed by atoms with E-state index in [4.69, 9.17) is 4.42 Å². The van der Waals surface area contributed by atoms with Gasteiger partial charge in [-0.1, -0.05) is 6.07 Å². The monoisotopic (exact) mass is 232 g/mol. The molecule has 1 aromatic heterocycles. The zero-order valence-corrected chi connectivity index (χ0v) is 9.66. The highest BCUT2D eigenvalue weighted by molar-refractivity contribution is 5.72. The van der Waals surface area contributed by atoms with Gasteiger partial charge in [0.05, 0.1) is 5.52 Å². The SMILES string of the molecule is O=c1[nH]c2cc(CC3CCNCC3)ccc2o1. The van der Waals surface area contributed by atoms with Crippen LogP contribution in [0.2, 0.25) is 0 Å². The molecule has 1 fully saturated rings. The third kappa shape index (κ3) is 2.26. The minimum absolute atomic E-state index is 0.376. The van der Waals surface area contributed by atoms with Crippen molar-refractivity contribution in [1.29, 1.82) is 0 Å². The van der Waals surface area contributed by atoms with E-state index in [-0.39, 0.29) is 5.76 Å². The summed E-state index contributed by atoms with van der Waals surface area (Å²) in [4.78, 5) is 13.8. The first-order valence-corrected chi connectivity index (χ1v) is 6.14. The van der Waals surface area contributed by atoms with E-state index in [1.165, 1.54) is 18.4 Å². The normalized spacial score (nSPS) is 17.6. The molecule has 2 heterocycles. The summed E-state index contributed by atoms with van der Waals surface area (Å²) < 4.78 is 4.99. The van der Waals surface area contributed by atoms with E-state index >= 15 is 0 Å². The van der Waals surface area contributed by atoms with Gasteiger partial charge < -0.3 is 9.73 Å². The molecule has 2 N–H and O–H groups in total. The lowest BCUT2D eigenvalue weighted by molar-refractivity contribution is 0.373. The van der Waals surface area contributed by atoms with Gasteiger partial charge in [-0.25, -0.2) is 4.79 Å². The number of rotatable bonds is 2. The second kappa shape index (κ2) is 4.37. The lowest BCUT2D eigenvalue weighted by atomic mass is 9.91. The number of H-pyrrole nitrogens is 1. The minimum atomic E-state index is -0.376. The average Bonchev–Trinajstić information content (AvgIpc) is 2.70. The molecule has 1 aromatic carbocycles. The molecular weight excluding hydrogens is 216 g/mol. The smallest absolute Gasteiger partial charge is 0.408 e. The fourth-order valence-corrected chi connectivity index (χ4v) is 2.55. The molecule has 0 aliphatic carbocycles. The van der Waals surface area contributed by atoms with Gasteiger partial charge in [0.25, 0.3) is 0 Å². The van der Waals surface area contributed by atoms with Gasteiger partial charge in [-0.3, -0.25) is 4.98 Å². The molecule has 3 rings (SSSR count). The second-order valence-electron chi connectivity index (χ2n) is 4.74. The molecule has 4 nitrogen and oxygen atoms in total. The molecule has 1 saturated heterocycles. The fourth-order valence-electron chi connectivity index (χ4n) is 2.55. The summed E-state index contributed by atoms with van der Waals surface area (Å²) in [6.45, 7) is 2.24. The van der Waals surface area contributed by atoms with Crippen molar-refractivity contribution in [2.24, 2.45) is 5.92 Å². The van der Waals surface area contributed by atoms with Crippen molar-refractivity contribution >= 4 is 11.1 Å². The Morgan fingerprint density at radius 2 is 2.12 bits per heavy atom. The van der Waals surface area contributed by atoms with Crippen LogP contribution in [0.25, 0.3) is 11.1 Å². The first-order valence-electron chi connectivity index (χ1n) is 6.14. The van der Waals surface area contributed by atoms with Crippen LogP contribution in [-0.2, 0) is 6.42 Å².